The van der Waals surface area contributed by atoms with Crippen LogP contribution in [0.1, 0.15) is 6.42 Å². The van der Waals surface area contributed by atoms with Gasteiger partial charge in [-0.3, -0.25) is 9.29 Å². The molecule has 0 unspecified atom stereocenters. The summed E-state index contributed by atoms with van der Waals surface area (Å²) in [4.78, 5) is 16.7. The van der Waals surface area contributed by atoms with Gasteiger partial charge in [-0.25, -0.2) is 4.79 Å². The van der Waals surface area contributed by atoms with E-state index in [4.69, 9.17) is 5.11 Å². The van der Waals surface area contributed by atoms with Crippen molar-refractivity contribution < 1.29 is 18.3 Å². The minimum absolute atomic E-state index is 0.219. The van der Waals surface area contributed by atoms with Crippen LogP contribution in [-0.2, 0) is 10.2 Å². The van der Waals surface area contributed by atoms with Gasteiger partial charge in [-0.05, 0) is 30.7 Å². The Morgan fingerprint density at radius 2 is 1.96 bits per heavy atom. The van der Waals surface area contributed by atoms with E-state index in [9.17, 15) is 13.2 Å². The summed E-state index contributed by atoms with van der Waals surface area (Å²) in [6.07, 6.45) is 1.21. The molecule has 2 aromatic rings. The van der Waals surface area contributed by atoms with Gasteiger partial charge in [-0.1, -0.05) is 18.2 Å². The fourth-order valence-corrected chi connectivity index (χ4v) is 5.49. The molecule has 0 radical (unpaired) electrons. The largest absolute Gasteiger partial charge is 0.465 e. The second-order valence-electron chi connectivity index (χ2n) is 6.63. The molecule has 4 rings (SSSR count). The number of amides is 1. The van der Waals surface area contributed by atoms with Gasteiger partial charge in [0.05, 0.1) is 11.4 Å². The lowest BCUT2D eigenvalue weighted by Gasteiger charge is -2.24. The first-order chi connectivity index (χ1) is 13.0. The molecule has 142 valence electrons. The van der Waals surface area contributed by atoms with E-state index in [1.54, 1.807) is 12.3 Å². The monoisotopic (exact) mass is 388 g/mol. The normalized spacial score (nSPS) is 22.3. The maximum atomic E-state index is 13.1. The molecule has 3 heterocycles. The summed E-state index contributed by atoms with van der Waals surface area (Å²) in [6.45, 7) is 1.28. The third-order valence-corrected chi connectivity index (χ3v) is 7.06. The number of carbonyl (C=O) groups is 1. The van der Waals surface area contributed by atoms with E-state index in [-0.39, 0.29) is 12.6 Å². The number of anilines is 1. The molecule has 8 nitrogen and oxygen atoms in total. The number of pyridine rings is 1. The van der Waals surface area contributed by atoms with E-state index in [1.807, 2.05) is 36.4 Å². The molecular formula is C18H20N4O4S. The van der Waals surface area contributed by atoms with Crippen molar-refractivity contribution in [3.05, 3.63) is 48.7 Å². The molecule has 1 atom stereocenters. The molecule has 0 spiro atoms. The molecule has 2 fully saturated rings. The van der Waals surface area contributed by atoms with Crippen molar-refractivity contribution in [2.24, 2.45) is 0 Å². The minimum Gasteiger partial charge on any atom is -0.465 e. The Kier molecular flexibility index (Phi) is 4.48. The van der Waals surface area contributed by atoms with Crippen LogP contribution >= 0.6 is 0 Å². The minimum atomic E-state index is -3.69. The van der Waals surface area contributed by atoms with Crippen LogP contribution in [0.4, 0.5) is 10.5 Å². The van der Waals surface area contributed by atoms with Gasteiger partial charge < -0.3 is 10.0 Å². The molecule has 2 saturated heterocycles. The van der Waals surface area contributed by atoms with Crippen molar-refractivity contribution in [2.45, 2.75) is 12.5 Å². The number of hydrogen-bond donors (Lipinski definition) is 1. The highest BCUT2D eigenvalue weighted by Gasteiger charge is 2.43. The molecule has 27 heavy (non-hydrogen) atoms. The Bertz CT molecular complexity index is 951. The fraction of sp³-hybridized carbons (Fsp3) is 0.333. The van der Waals surface area contributed by atoms with Crippen LogP contribution < -0.4 is 4.31 Å². The van der Waals surface area contributed by atoms with Crippen LogP contribution in [0.3, 0.4) is 0 Å². The van der Waals surface area contributed by atoms with Crippen molar-refractivity contribution in [1.82, 2.24) is 14.2 Å². The highest BCUT2D eigenvalue weighted by Crippen LogP contribution is 2.31. The first kappa shape index (κ1) is 17.7. The maximum absolute atomic E-state index is 13.1. The Balaban J connectivity index is 1.58. The van der Waals surface area contributed by atoms with Crippen LogP contribution in [0.5, 0.6) is 0 Å². The number of aromatic nitrogens is 1. The van der Waals surface area contributed by atoms with Crippen LogP contribution in [0.25, 0.3) is 11.3 Å². The zero-order valence-electron chi connectivity index (χ0n) is 14.6. The highest BCUT2D eigenvalue weighted by molar-refractivity contribution is 7.90. The SMILES string of the molecule is O=C(O)N1CC[C@H](N2CCN(c3cccc(-c4ccccn4)c3)S2(=O)=O)C1. The van der Waals surface area contributed by atoms with Crippen LogP contribution in [0, 0.1) is 0 Å². The highest BCUT2D eigenvalue weighted by atomic mass is 32.2. The number of likely N-dealkylation sites (tertiary alicyclic amines) is 1. The second-order valence-corrected chi connectivity index (χ2v) is 8.43. The lowest BCUT2D eigenvalue weighted by atomic mass is 10.1. The summed E-state index contributed by atoms with van der Waals surface area (Å²) in [5.41, 5.74) is 2.22. The Labute approximate surface area is 157 Å². The fourth-order valence-electron chi connectivity index (χ4n) is 3.68. The summed E-state index contributed by atoms with van der Waals surface area (Å²) in [7, 11) is -3.69. The summed E-state index contributed by atoms with van der Waals surface area (Å²) < 4.78 is 29.0. The van der Waals surface area contributed by atoms with Gasteiger partial charge in [0.2, 0.25) is 0 Å². The second kappa shape index (κ2) is 6.82. The quantitative estimate of drug-likeness (QED) is 0.866. The Morgan fingerprint density at radius 3 is 2.67 bits per heavy atom. The van der Waals surface area contributed by atoms with Crippen molar-refractivity contribution in [1.29, 1.82) is 0 Å². The van der Waals surface area contributed by atoms with Crippen molar-refractivity contribution in [3.8, 4) is 11.3 Å². The Morgan fingerprint density at radius 1 is 1.11 bits per heavy atom. The zero-order chi connectivity index (χ0) is 19.0. The standard InChI is InChI=1S/C18H20N4O4S/c23-18(24)20-9-7-16(13-20)22-11-10-21(27(22,25)26)15-5-3-4-14(12-15)17-6-1-2-8-19-17/h1-6,8,12,16H,7,9-11,13H2,(H,23,24)/t16-/m0/s1. The van der Waals surface area contributed by atoms with E-state index >= 15 is 0 Å². The average molecular weight is 388 g/mol. The van der Waals surface area contributed by atoms with Gasteiger partial charge in [0.15, 0.2) is 0 Å². The summed E-state index contributed by atoms with van der Waals surface area (Å²) in [6, 6.07) is 12.6. The van der Waals surface area contributed by atoms with Gasteiger partial charge in [0.1, 0.15) is 0 Å². The summed E-state index contributed by atoms with van der Waals surface area (Å²) in [5.74, 6) is 0. The summed E-state index contributed by atoms with van der Waals surface area (Å²) >= 11 is 0. The van der Waals surface area contributed by atoms with Gasteiger partial charge in [0, 0.05) is 44.0 Å². The van der Waals surface area contributed by atoms with Crippen molar-refractivity contribution in [3.63, 3.8) is 0 Å². The smallest absolute Gasteiger partial charge is 0.407 e. The molecule has 2 aliphatic rings. The van der Waals surface area contributed by atoms with Gasteiger partial charge in [0.25, 0.3) is 0 Å². The van der Waals surface area contributed by atoms with Crippen molar-refractivity contribution >= 4 is 22.0 Å². The summed E-state index contributed by atoms with van der Waals surface area (Å²) in [5, 5.41) is 9.11. The molecule has 9 heteroatoms. The number of hydrogen-bond acceptors (Lipinski definition) is 4. The van der Waals surface area contributed by atoms with Crippen LogP contribution in [0.2, 0.25) is 0 Å². The third-order valence-electron chi connectivity index (χ3n) is 5.03. The van der Waals surface area contributed by atoms with Crippen LogP contribution in [-0.4, -0.2) is 66.0 Å². The molecule has 1 aromatic heterocycles. The van der Waals surface area contributed by atoms with E-state index < -0.39 is 16.3 Å². The number of nitrogens with zero attached hydrogens (tertiary/aromatic N) is 4. The molecule has 0 aliphatic carbocycles. The van der Waals surface area contributed by atoms with E-state index in [2.05, 4.69) is 4.98 Å². The predicted octanol–water partition coefficient (Wildman–Crippen LogP) is 1.87. The molecule has 0 bridgehead atoms. The molecular weight excluding hydrogens is 368 g/mol. The topological polar surface area (TPSA) is 94.1 Å². The van der Waals surface area contributed by atoms with Crippen molar-refractivity contribution in [2.75, 3.05) is 30.5 Å². The molecule has 1 amide bonds. The lowest BCUT2D eigenvalue weighted by molar-refractivity contribution is 0.153. The molecule has 0 saturated carbocycles. The number of rotatable bonds is 3. The van der Waals surface area contributed by atoms with E-state index in [0.717, 1.165) is 11.3 Å². The molecule has 1 aromatic carbocycles. The first-order valence-electron chi connectivity index (χ1n) is 8.75. The van der Waals surface area contributed by atoms with Gasteiger partial charge in [-0.2, -0.15) is 12.7 Å². The molecule has 2 aliphatic heterocycles. The molecule has 1 N–H and O–H groups in total. The lowest BCUT2D eigenvalue weighted by Crippen LogP contribution is -2.42. The Hall–Kier alpha value is -2.65. The van der Waals surface area contributed by atoms with Crippen LogP contribution in [0.15, 0.2) is 48.7 Å². The van der Waals surface area contributed by atoms with E-state index in [1.165, 1.54) is 13.5 Å². The van der Waals surface area contributed by atoms with Gasteiger partial charge >= 0.3 is 16.3 Å². The number of carboxylic acid groups (broad SMARTS) is 1. The third kappa shape index (κ3) is 3.24. The predicted molar refractivity (Wildman–Crippen MR) is 101 cm³/mol. The average Bonchev–Trinajstić information content (AvgIpc) is 3.26. The van der Waals surface area contributed by atoms with Gasteiger partial charge in [-0.15, -0.1) is 0 Å². The van der Waals surface area contributed by atoms with E-state index in [0.29, 0.717) is 31.7 Å². The first-order valence-corrected chi connectivity index (χ1v) is 10.2. The number of benzene rings is 1. The maximum Gasteiger partial charge on any atom is 0.407 e. The zero-order valence-corrected chi connectivity index (χ0v) is 15.4.